The van der Waals surface area contributed by atoms with E-state index in [1.54, 1.807) is 6.07 Å². The van der Waals surface area contributed by atoms with Gasteiger partial charge in [0.2, 0.25) is 5.91 Å². The Bertz CT molecular complexity index is 516. The molecule has 1 amide bonds. The topological polar surface area (TPSA) is 70.1 Å². The Morgan fingerprint density at radius 3 is 2.68 bits per heavy atom. The maximum absolute atomic E-state index is 10.9. The zero-order valence-electron chi connectivity index (χ0n) is 10.6. The van der Waals surface area contributed by atoms with E-state index < -0.39 is 0 Å². The molecule has 1 saturated heterocycles. The molecule has 0 radical (unpaired) electrons. The molecule has 0 bridgehead atoms. The van der Waals surface area contributed by atoms with Crippen LogP contribution in [0.15, 0.2) is 18.2 Å². The van der Waals surface area contributed by atoms with Gasteiger partial charge in [0.15, 0.2) is 0 Å². The summed E-state index contributed by atoms with van der Waals surface area (Å²) >= 11 is 6.04. The molecule has 0 spiro atoms. The van der Waals surface area contributed by atoms with Crippen LogP contribution in [0.4, 0.5) is 5.69 Å². The Kier molecular flexibility index (Phi) is 4.28. The van der Waals surface area contributed by atoms with Crippen LogP contribution in [0.3, 0.4) is 0 Å². The van der Waals surface area contributed by atoms with Crippen LogP contribution in [-0.2, 0) is 4.79 Å². The number of benzene rings is 1. The van der Waals surface area contributed by atoms with Gasteiger partial charge in [-0.2, -0.15) is 5.26 Å². The highest BCUT2D eigenvalue weighted by atomic mass is 35.5. The van der Waals surface area contributed by atoms with Gasteiger partial charge in [0.25, 0.3) is 0 Å². The van der Waals surface area contributed by atoms with E-state index in [-0.39, 0.29) is 5.91 Å². The third kappa shape index (κ3) is 3.39. The van der Waals surface area contributed by atoms with E-state index in [1.807, 2.05) is 12.1 Å². The SMILES string of the molecule is N#Cc1ccc(N2CCC(CC(N)=O)CC2)cc1Cl. The van der Waals surface area contributed by atoms with Gasteiger partial charge in [-0.25, -0.2) is 0 Å². The molecule has 4 nitrogen and oxygen atoms in total. The summed E-state index contributed by atoms with van der Waals surface area (Å²) in [6.07, 6.45) is 2.39. The van der Waals surface area contributed by atoms with Crippen molar-refractivity contribution in [1.82, 2.24) is 0 Å². The monoisotopic (exact) mass is 277 g/mol. The third-order valence-corrected chi connectivity index (χ3v) is 3.86. The van der Waals surface area contributed by atoms with Crippen molar-refractivity contribution in [2.24, 2.45) is 11.7 Å². The number of nitrogens with zero attached hydrogens (tertiary/aromatic N) is 2. The summed E-state index contributed by atoms with van der Waals surface area (Å²) in [6, 6.07) is 7.54. The fraction of sp³-hybridized carbons (Fsp3) is 0.429. The molecule has 5 heteroatoms. The minimum atomic E-state index is -0.222. The highest BCUT2D eigenvalue weighted by Crippen LogP contribution is 2.28. The van der Waals surface area contributed by atoms with Crippen LogP contribution in [-0.4, -0.2) is 19.0 Å². The van der Waals surface area contributed by atoms with E-state index in [0.717, 1.165) is 31.6 Å². The molecule has 19 heavy (non-hydrogen) atoms. The minimum absolute atomic E-state index is 0.222. The zero-order chi connectivity index (χ0) is 13.8. The molecule has 1 aliphatic rings. The molecule has 1 aromatic carbocycles. The minimum Gasteiger partial charge on any atom is -0.371 e. The lowest BCUT2D eigenvalue weighted by Gasteiger charge is -2.33. The zero-order valence-corrected chi connectivity index (χ0v) is 11.4. The summed E-state index contributed by atoms with van der Waals surface area (Å²) in [7, 11) is 0. The number of hydrogen-bond donors (Lipinski definition) is 1. The Hall–Kier alpha value is -1.73. The molecule has 1 aromatic rings. The number of piperidine rings is 1. The van der Waals surface area contributed by atoms with Gasteiger partial charge in [0.1, 0.15) is 6.07 Å². The van der Waals surface area contributed by atoms with E-state index in [1.165, 1.54) is 0 Å². The molecule has 0 aromatic heterocycles. The maximum Gasteiger partial charge on any atom is 0.217 e. The molecule has 1 fully saturated rings. The standard InChI is InChI=1S/C14H16ClN3O/c15-13-8-12(2-1-11(13)9-16)18-5-3-10(4-6-18)7-14(17)19/h1-2,8,10H,3-7H2,(H2,17,19). The smallest absolute Gasteiger partial charge is 0.217 e. The Balaban J connectivity index is 2.00. The average Bonchev–Trinajstić information content (AvgIpc) is 2.39. The van der Waals surface area contributed by atoms with Crippen LogP contribution in [0.1, 0.15) is 24.8 Å². The molecule has 100 valence electrons. The molecule has 0 aliphatic carbocycles. The first-order chi connectivity index (χ1) is 9.10. The van der Waals surface area contributed by atoms with Gasteiger partial charge in [-0.1, -0.05) is 11.6 Å². The van der Waals surface area contributed by atoms with Crippen LogP contribution in [0.5, 0.6) is 0 Å². The van der Waals surface area contributed by atoms with Crippen molar-refractivity contribution in [2.75, 3.05) is 18.0 Å². The van der Waals surface area contributed by atoms with Crippen molar-refractivity contribution in [3.8, 4) is 6.07 Å². The molecule has 0 atom stereocenters. The summed E-state index contributed by atoms with van der Waals surface area (Å²) in [5, 5.41) is 9.33. The van der Waals surface area contributed by atoms with E-state index in [2.05, 4.69) is 11.0 Å². The Morgan fingerprint density at radius 1 is 1.47 bits per heavy atom. The number of rotatable bonds is 3. The molecule has 0 unspecified atom stereocenters. The van der Waals surface area contributed by atoms with Crippen molar-refractivity contribution in [3.63, 3.8) is 0 Å². The first-order valence-electron chi connectivity index (χ1n) is 6.33. The van der Waals surface area contributed by atoms with Crippen LogP contribution in [0.25, 0.3) is 0 Å². The molecular weight excluding hydrogens is 262 g/mol. The summed E-state index contributed by atoms with van der Waals surface area (Å²) in [6.45, 7) is 1.78. The van der Waals surface area contributed by atoms with Crippen molar-refractivity contribution >= 4 is 23.2 Å². The second kappa shape index (κ2) is 5.94. The van der Waals surface area contributed by atoms with Crippen LogP contribution < -0.4 is 10.6 Å². The summed E-state index contributed by atoms with van der Waals surface area (Å²) in [5.74, 6) is 0.169. The lowest BCUT2D eigenvalue weighted by molar-refractivity contribution is -0.119. The third-order valence-electron chi connectivity index (χ3n) is 3.54. The van der Waals surface area contributed by atoms with Gasteiger partial charge in [0, 0.05) is 25.2 Å². The molecule has 0 saturated carbocycles. The second-order valence-corrected chi connectivity index (χ2v) is 5.28. The second-order valence-electron chi connectivity index (χ2n) is 4.88. The number of carbonyl (C=O) groups is 1. The highest BCUT2D eigenvalue weighted by molar-refractivity contribution is 6.32. The molecule has 2 N–H and O–H groups in total. The Labute approximate surface area is 117 Å². The number of amides is 1. The predicted octanol–water partition coefficient (Wildman–Crippen LogP) is 2.30. The number of primary amides is 1. The summed E-state index contributed by atoms with van der Waals surface area (Å²) < 4.78 is 0. The van der Waals surface area contributed by atoms with Gasteiger partial charge in [-0.3, -0.25) is 4.79 Å². The largest absolute Gasteiger partial charge is 0.371 e. The van der Waals surface area contributed by atoms with Crippen molar-refractivity contribution < 1.29 is 4.79 Å². The van der Waals surface area contributed by atoms with E-state index in [4.69, 9.17) is 22.6 Å². The summed E-state index contributed by atoms with van der Waals surface area (Å²) in [5.41, 5.74) is 6.74. The molecule has 1 heterocycles. The molecular formula is C14H16ClN3O. The van der Waals surface area contributed by atoms with Crippen LogP contribution in [0, 0.1) is 17.2 Å². The fourth-order valence-corrected chi connectivity index (χ4v) is 2.69. The number of nitriles is 1. The van der Waals surface area contributed by atoms with Crippen LogP contribution >= 0.6 is 11.6 Å². The quantitative estimate of drug-likeness (QED) is 0.922. The lowest BCUT2D eigenvalue weighted by Crippen LogP contribution is -2.35. The van der Waals surface area contributed by atoms with E-state index in [9.17, 15) is 4.79 Å². The van der Waals surface area contributed by atoms with Crippen molar-refractivity contribution in [1.29, 1.82) is 5.26 Å². The summed E-state index contributed by atoms with van der Waals surface area (Å²) in [4.78, 5) is 13.1. The van der Waals surface area contributed by atoms with E-state index in [0.29, 0.717) is 22.9 Å². The first kappa shape index (κ1) is 13.7. The normalized spacial score (nSPS) is 16.1. The molecule has 1 aliphatic heterocycles. The highest BCUT2D eigenvalue weighted by Gasteiger charge is 2.21. The number of hydrogen-bond acceptors (Lipinski definition) is 3. The number of carbonyl (C=O) groups excluding carboxylic acids is 1. The number of anilines is 1. The number of halogens is 1. The maximum atomic E-state index is 10.9. The lowest BCUT2D eigenvalue weighted by atomic mass is 9.93. The first-order valence-corrected chi connectivity index (χ1v) is 6.71. The van der Waals surface area contributed by atoms with Crippen molar-refractivity contribution in [3.05, 3.63) is 28.8 Å². The van der Waals surface area contributed by atoms with E-state index >= 15 is 0 Å². The van der Waals surface area contributed by atoms with Gasteiger partial charge >= 0.3 is 0 Å². The average molecular weight is 278 g/mol. The molecule has 2 rings (SSSR count). The van der Waals surface area contributed by atoms with Crippen LogP contribution in [0.2, 0.25) is 5.02 Å². The van der Waals surface area contributed by atoms with Gasteiger partial charge in [-0.05, 0) is 37.0 Å². The van der Waals surface area contributed by atoms with Crippen molar-refractivity contribution in [2.45, 2.75) is 19.3 Å². The fourth-order valence-electron chi connectivity index (χ4n) is 2.47. The van der Waals surface area contributed by atoms with Gasteiger partial charge in [-0.15, -0.1) is 0 Å². The Morgan fingerprint density at radius 2 is 2.16 bits per heavy atom. The number of nitrogens with two attached hydrogens (primary N) is 1. The predicted molar refractivity (Wildman–Crippen MR) is 74.9 cm³/mol. The van der Waals surface area contributed by atoms with Gasteiger partial charge in [0.05, 0.1) is 10.6 Å². The van der Waals surface area contributed by atoms with Gasteiger partial charge < -0.3 is 10.6 Å².